The minimum absolute atomic E-state index is 0.755. The average Bonchev–Trinajstić information content (AvgIpc) is 2.88. The number of rotatable bonds is 1. The number of hydrogen-bond acceptors (Lipinski definition) is 4. The second kappa shape index (κ2) is 2.70. The summed E-state index contributed by atoms with van der Waals surface area (Å²) in [6, 6.07) is 7.53. The third-order valence-electron chi connectivity index (χ3n) is 2.11. The van der Waals surface area contributed by atoms with Crippen molar-refractivity contribution in [3.05, 3.63) is 36.7 Å². The minimum Gasteiger partial charge on any atom is -0.364 e. The SMILES string of the molecule is c1cc(-c2ccon2)c2cnoc2c1. The Morgan fingerprint density at radius 2 is 2.14 bits per heavy atom. The van der Waals surface area contributed by atoms with Crippen LogP contribution in [0.5, 0.6) is 0 Å². The molecule has 0 saturated heterocycles. The highest BCUT2D eigenvalue weighted by Crippen LogP contribution is 2.26. The highest BCUT2D eigenvalue weighted by atomic mass is 16.5. The van der Waals surface area contributed by atoms with Crippen LogP contribution in [0.1, 0.15) is 0 Å². The molecule has 68 valence electrons. The first-order valence-electron chi connectivity index (χ1n) is 4.19. The van der Waals surface area contributed by atoms with E-state index in [1.165, 1.54) is 0 Å². The molecular weight excluding hydrogens is 180 g/mol. The summed E-state index contributed by atoms with van der Waals surface area (Å²) < 4.78 is 9.84. The van der Waals surface area contributed by atoms with E-state index in [-0.39, 0.29) is 0 Å². The maximum absolute atomic E-state index is 5.05. The van der Waals surface area contributed by atoms with Gasteiger partial charge in [0.15, 0.2) is 5.58 Å². The molecule has 0 aliphatic carbocycles. The van der Waals surface area contributed by atoms with Crippen molar-refractivity contribution in [2.45, 2.75) is 0 Å². The van der Waals surface area contributed by atoms with Crippen LogP contribution in [0.25, 0.3) is 22.2 Å². The predicted molar refractivity (Wildman–Crippen MR) is 49.5 cm³/mol. The second-order valence-electron chi connectivity index (χ2n) is 2.93. The summed E-state index contributed by atoms with van der Waals surface area (Å²) >= 11 is 0. The van der Waals surface area contributed by atoms with Crippen molar-refractivity contribution in [3.63, 3.8) is 0 Å². The quantitative estimate of drug-likeness (QED) is 0.585. The standard InChI is InChI=1S/C10H6N2O2/c1-2-7(9-4-5-13-12-9)8-6-11-14-10(8)3-1/h1-6H. The number of hydrogen-bond donors (Lipinski definition) is 0. The highest BCUT2D eigenvalue weighted by Gasteiger charge is 2.08. The lowest BCUT2D eigenvalue weighted by molar-refractivity contribution is 0.422. The van der Waals surface area contributed by atoms with E-state index >= 15 is 0 Å². The van der Waals surface area contributed by atoms with E-state index in [9.17, 15) is 0 Å². The monoisotopic (exact) mass is 186 g/mol. The maximum atomic E-state index is 5.05. The molecule has 1 aromatic carbocycles. The van der Waals surface area contributed by atoms with E-state index in [1.54, 1.807) is 12.5 Å². The van der Waals surface area contributed by atoms with E-state index in [4.69, 9.17) is 9.05 Å². The normalized spacial score (nSPS) is 10.9. The molecule has 3 aromatic rings. The molecule has 0 aliphatic heterocycles. The highest BCUT2D eigenvalue weighted by molar-refractivity contribution is 5.91. The Balaban J connectivity index is 2.36. The smallest absolute Gasteiger partial charge is 0.167 e. The Morgan fingerprint density at radius 3 is 3.00 bits per heavy atom. The molecule has 0 spiro atoms. The van der Waals surface area contributed by atoms with Crippen LogP contribution in [0.3, 0.4) is 0 Å². The Morgan fingerprint density at radius 1 is 1.14 bits per heavy atom. The lowest BCUT2D eigenvalue weighted by Crippen LogP contribution is -1.76. The van der Waals surface area contributed by atoms with Crippen LogP contribution in [0, 0.1) is 0 Å². The van der Waals surface area contributed by atoms with Crippen LogP contribution < -0.4 is 0 Å². The molecule has 0 saturated carbocycles. The summed E-state index contributed by atoms with van der Waals surface area (Å²) in [6.07, 6.45) is 3.22. The zero-order valence-corrected chi connectivity index (χ0v) is 7.18. The van der Waals surface area contributed by atoms with Crippen LogP contribution >= 0.6 is 0 Å². The molecule has 14 heavy (non-hydrogen) atoms. The van der Waals surface area contributed by atoms with Gasteiger partial charge in [0.25, 0.3) is 0 Å². The first kappa shape index (κ1) is 7.32. The van der Waals surface area contributed by atoms with Gasteiger partial charge in [-0.3, -0.25) is 0 Å². The van der Waals surface area contributed by atoms with Gasteiger partial charge in [-0.15, -0.1) is 0 Å². The molecule has 4 nitrogen and oxygen atoms in total. The van der Waals surface area contributed by atoms with Crippen molar-refractivity contribution in [2.24, 2.45) is 0 Å². The molecular formula is C10H6N2O2. The molecule has 0 radical (unpaired) electrons. The minimum atomic E-state index is 0.755. The second-order valence-corrected chi connectivity index (χ2v) is 2.93. The summed E-state index contributed by atoms with van der Waals surface area (Å²) in [6.45, 7) is 0. The van der Waals surface area contributed by atoms with E-state index in [0.717, 1.165) is 22.2 Å². The molecule has 0 N–H and O–H groups in total. The summed E-state index contributed by atoms with van der Waals surface area (Å²) in [7, 11) is 0. The Hall–Kier alpha value is -2.10. The van der Waals surface area contributed by atoms with Gasteiger partial charge < -0.3 is 9.05 Å². The van der Waals surface area contributed by atoms with Gasteiger partial charge in [0.05, 0.1) is 11.6 Å². The van der Waals surface area contributed by atoms with Gasteiger partial charge in [-0.1, -0.05) is 22.4 Å². The molecule has 0 atom stereocenters. The van der Waals surface area contributed by atoms with Crippen LogP contribution in [-0.2, 0) is 0 Å². The van der Waals surface area contributed by atoms with Crippen molar-refractivity contribution in [1.82, 2.24) is 10.3 Å². The van der Waals surface area contributed by atoms with E-state index < -0.39 is 0 Å². The molecule has 0 fully saturated rings. The Kier molecular flexibility index (Phi) is 1.41. The molecule has 0 amide bonds. The topological polar surface area (TPSA) is 52.1 Å². The van der Waals surface area contributed by atoms with Crippen molar-refractivity contribution in [3.8, 4) is 11.3 Å². The van der Waals surface area contributed by atoms with Gasteiger partial charge in [-0.2, -0.15) is 0 Å². The van der Waals surface area contributed by atoms with Crippen molar-refractivity contribution in [1.29, 1.82) is 0 Å². The molecule has 0 unspecified atom stereocenters. The molecule has 3 rings (SSSR count). The van der Waals surface area contributed by atoms with Crippen molar-refractivity contribution >= 4 is 11.0 Å². The van der Waals surface area contributed by atoms with Gasteiger partial charge in [0, 0.05) is 11.6 Å². The molecule has 4 heteroatoms. The van der Waals surface area contributed by atoms with Gasteiger partial charge in [-0.05, 0) is 6.07 Å². The van der Waals surface area contributed by atoms with Crippen LogP contribution in [0.2, 0.25) is 0 Å². The Bertz CT molecular complexity index is 554. The van der Waals surface area contributed by atoms with Crippen LogP contribution in [0.15, 0.2) is 45.8 Å². The Labute approximate surface area is 79.1 Å². The van der Waals surface area contributed by atoms with Crippen LogP contribution in [-0.4, -0.2) is 10.3 Å². The zero-order chi connectivity index (χ0) is 9.38. The fraction of sp³-hybridized carbons (Fsp3) is 0. The molecule has 0 aliphatic rings. The summed E-state index contributed by atoms with van der Waals surface area (Å²) in [5.74, 6) is 0. The van der Waals surface area contributed by atoms with E-state index in [2.05, 4.69) is 10.3 Å². The fourth-order valence-corrected chi connectivity index (χ4v) is 1.47. The predicted octanol–water partition coefficient (Wildman–Crippen LogP) is 2.48. The van der Waals surface area contributed by atoms with E-state index in [1.807, 2.05) is 24.3 Å². The third kappa shape index (κ3) is 0.939. The lowest BCUT2D eigenvalue weighted by Gasteiger charge is -1.94. The van der Waals surface area contributed by atoms with Crippen molar-refractivity contribution < 1.29 is 9.05 Å². The first-order chi connectivity index (χ1) is 6.95. The number of nitrogens with zero attached hydrogens (tertiary/aromatic N) is 2. The number of aromatic nitrogens is 2. The van der Waals surface area contributed by atoms with Crippen molar-refractivity contribution in [2.75, 3.05) is 0 Å². The van der Waals surface area contributed by atoms with Gasteiger partial charge >= 0.3 is 0 Å². The zero-order valence-electron chi connectivity index (χ0n) is 7.18. The maximum Gasteiger partial charge on any atom is 0.167 e. The number of benzene rings is 1. The van der Waals surface area contributed by atoms with Crippen LogP contribution in [0.4, 0.5) is 0 Å². The summed E-state index contributed by atoms with van der Waals surface area (Å²) in [5, 5.41) is 8.56. The summed E-state index contributed by atoms with van der Waals surface area (Å²) in [4.78, 5) is 0. The largest absolute Gasteiger partial charge is 0.364 e. The average molecular weight is 186 g/mol. The van der Waals surface area contributed by atoms with Gasteiger partial charge in [0.2, 0.25) is 0 Å². The first-order valence-corrected chi connectivity index (χ1v) is 4.19. The molecule has 2 heterocycles. The van der Waals surface area contributed by atoms with Gasteiger partial charge in [0.1, 0.15) is 12.0 Å². The number of fused-ring (bicyclic) bond motifs is 1. The molecule has 0 bridgehead atoms. The summed E-state index contributed by atoms with van der Waals surface area (Å²) in [5.41, 5.74) is 2.52. The fourth-order valence-electron chi connectivity index (χ4n) is 1.47. The van der Waals surface area contributed by atoms with Gasteiger partial charge in [-0.25, -0.2) is 0 Å². The van der Waals surface area contributed by atoms with E-state index in [0.29, 0.717) is 0 Å². The molecule has 2 aromatic heterocycles. The third-order valence-corrected chi connectivity index (χ3v) is 2.11. The lowest BCUT2D eigenvalue weighted by atomic mass is 10.1.